The summed E-state index contributed by atoms with van der Waals surface area (Å²) < 4.78 is 49.2. The molecule has 1 heterocycles. The number of pyridine rings is 1. The molecule has 82 valence electrons. The van der Waals surface area contributed by atoms with Gasteiger partial charge in [0, 0.05) is 11.8 Å². The Morgan fingerprint density at radius 3 is 2.53 bits per heavy atom. The maximum Gasteiger partial charge on any atom is 0.417 e. The van der Waals surface area contributed by atoms with E-state index < -0.39 is 35.6 Å². The SMILES string of the molecule is O=C(O)Cc1cc(C(F)(F)F)cnc1F. The predicted octanol–water partition coefficient (Wildman–Crippen LogP) is 1.87. The third kappa shape index (κ3) is 2.90. The highest BCUT2D eigenvalue weighted by Crippen LogP contribution is 2.29. The van der Waals surface area contributed by atoms with Gasteiger partial charge in [0.05, 0.1) is 12.0 Å². The lowest BCUT2D eigenvalue weighted by Gasteiger charge is -2.07. The zero-order chi connectivity index (χ0) is 11.6. The fourth-order valence-corrected chi connectivity index (χ4v) is 0.936. The van der Waals surface area contributed by atoms with Gasteiger partial charge in [0.2, 0.25) is 5.95 Å². The van der Waals surface area contributed by atoms with Crippen molar-refractivity contribution in [1.82, 2.24) is 4.98 Å². The number of hydrogen-bond acceptors (Lipinski definition) is 2. The van der Waals surface area contributed by atoms with Crippen molar-refractivity contribution in [2.75, 3.05) is 0 Å². The molecule has 1 rings (SSSR count). The van der Waals surface area contributed by atoms with Crippen molar-refractivity contribution < 1.29 is 27.5 Å². The van der Waals surface area contributed by atoms with Crippen LogP contribution in [0.1, 0.15) is 11.1 Å². The Kier molecular flexibility index (Phi) is 2.92. The van der Waals surface area contributed by atoms with Crippen molar-refractivity contribution in [2.45, 2.75) is 12.6 Å². The summed E-state index contributed by atoms with van der Waals surface area (Å²) in [6.45, 7) is 0. The summed E-state index contributed by atoms with van der Waals surface area (Å²) in [5.41, 5.74) is -1.75. The van der Waals surface area contributed by atoms with Crippen LogP contribution in [0.5, 0.6) is 0 Å². The van der Waals surface area contributed by atoms with Crippen LogP contribution in [-0.4, -0.2) is 16.1 Å². The Labute approximate surface area is 81.4 Å². The number of alkyl halides is 3. The standard InChI is InChI=1S/C8H5F4NO2/c9-7-4(2-6(14)15)1-5(3-13-7)8(10,11)12/h1,3H,2H2,(H,14,15). The zero-order valence-corrected chi connectivity index (χ0v) is 7.18. The zero-order valence-electron chi connectivity index (χ0n) is 7.18. The third-order valence-electron chi connectivity index (χ3n) is 1.58. The quantitative estimate of drug-likeness (QED) is 0.615. The molecule has 0 aliphatic heterocycles. The molecule has 3 nitrogen and oxygen atoms in total. The van der Waals surface area contributed by atoms with Crippen molar-refractivity contribution in [3.8, 4) is 0 Å². The molecule has 0 aromatic carbocycles. The van der Waals surface area contributed by atoms with Crippen LogP contribution < -0.4 is 0 Å². The Hall–Kier alpha value is -1.66. The number of aromatic nitrogens is 1. The first-order chi connectivity index (χ1) is 6.80. The number of halogens is 4. The average Bonchev–Trinajstić information content (AvgIpc) is 2.06. The molecule has 0 aliphatic rings. The van der Waals surface area contributed by atoms with E-state index in [2.05, 4.69) is 4.98 Å². The largest absolute Gasteiger partial charge is 0.481 e. The minimum Gasteiger partial charge on any atom is -0.481 e. The Morgan fingerprint density at radius 1 is 1.47 bits per heavy atom. The number of aliphatic carboxylic acids is 1. The van der Waals surface area contributed by atoms with Crippen molar-refractivity contribution in [2.24, 2.45) is 0 Å². The van der Waals surface area contributed by atoms with Crippen LogP contribution in [0.2, 0.25) is 0 Å². The molecule has 15 heavy (non-hydrogen) atoms. The van der Waals surface area contributed by atoms with Gasteiger partial charge in [0.25, 0.3) is 0 Å². The minimum absolute atomic E-state index is 0.320. The maximum atomic E-state index is 12.8. The summed E-state index contributed by atoms with van der Waals surface area (Å²) in [5, 5.41) is 8.31. The second kappa shape index (κ2) is 3.84. The number of carboxylic acids is 1. The van der Waals surface area contributed by atoms with E-state index >= 15 is 0 Å². The molecule has 0 saturated heterocycles. The molecule has 0 bridgehead atoms. The monoisotopic (exact) mass is 223 g/mol. The van der Waals surface area contributed by atoms with Gasteiger partial charge < -0.3 is 5.11 Å². The van der Waals surface area contributed by atoms with Gasteiger partial charge in [-0.2, -0.15) is 17.6 Å². The molecule has 0 atom stereocenters. The van der Waals surface area contributed by atoms with Crippen LogP contribution >= 0.6 is 0 Å². The summed E-state index contributed by atoms with van der Waals surface area (Å²) in [7, 11) is 0. The molecule has 0 radical (unpaired) electrons. The van der Waals surface area contributed by atoms with Crippen molar-refractivity contribution >= 4 is 5.97 Å². The van der Waals surface area contributed by atoms with E-state index in [0.29, 0.717) is 12.3 Å². The molecule has 0 aliphatic carbocycles. The average molecular weight is 223 g/mol. The molecule has 1 aromatic rings. The first kappa shape index (κ1) is 11.4. The van der Waals surface area contributed by atoms with Crippen LogP contribution in [-0.2, 0) is 17.4 Å². The van der Waals surface area contributed by atoms with E-state index in [4.69, 9.17) is 5.11 Å². The van der Waals surface area contributed by atoms with Crippen LogP contribution in [0, 0.1) is 5.95 Å². The van der Waals surface area contributed by atoms with E-state index in [-0.39, 0.29) is 0 Å². The minimum atomic E-state index is -4.66. The highest BCUT2D eigenvalue weighted by atomic mass is 19.4. The number of carboxylic acid groups (broad SMARTS) is 1. The number of rotatable bonds is 2. The molecule has 0 unspecified atom stereocenters. The summed E-state index contributed by atoms with van der Waals surface area (Å²) >= 11 is 0. The molecule has 0 amide bonds. The molecule has 1 aromatic heterocycles. The van der Waals surface area contributed by atoms with Gasteiger partial charge in [-0.15, -0.1) is 0 Å². The van der Waals surface area contributed by atoms with Crippen LogP contribution in [0.25, 0.3) is 0 Å². The molecule has 0 fully saturated rings. The summed E-state index contributed by atoms with van der Waals surface area (Å²) in [5.74, 6) is -2.62. The van der Waals surface area contributed by atoms with Crippen molar-refractivity contribution in [3.63, 3.8) is 0 Å². The van der Waals surface area contributed by atoms with Crippen LogP contribution in [0.15, 0.2) is 12.3 Å². The lowest BCUT2D eigenvalue weighted by Crippen LogP contribution is -2.10. The third-order valence-corrected chi connectivity index (χ3v) is 1.58. The Bertz CT molecular complexity index is 389. The summed E-state index contributed by atoms with van der Waals surface area (Å²) in [6.07, 6.45) is -5.17. The second-order valence-electron chi connectivity index (χ2n) is 2.74. The molecule has 0 saturated carbocycles. The summed E-state index contributed by atoms with van der Waals surface area (Å²) in [4.78, 5) is 13.1. The van der Waals surface area contributed by atoms with Gasteiger partial charge >= 0.3 is 12.1 Å². The van der Waals surface area contributed by atoms with E-state index in [1.807, 2.05) is 0 Å². The maximum absolute atomic E-state index is 12.8. The van der Waals surface area contributed by atoms with Gasteiger partial charge in [-0.3, -0.25) is 4.79 Å². The highest BCUT2D eigenvalue weighted by molar-refractivity contribution is 5.70. The molecular weight excluding hydrogens is 218 g/mol. The first-order valence-electron chi connectivity index (χ1n) is 3.74. The van der Waals surface area contributed by atoms with Crippen molar-refractivity contribution in [3.05, 3.63) is 29.3 Å². The summed E-state index contributed by atoms with van der Waals surface area (Å²) in [6, 6.07) is 0.441. The van der Waals surface area contributed by atoms with Gasteiger partial charge in [0.15, 0.2) is 0 Å². The van der Waals surface area contributed by atoms with Gasteiger partial charge in [-0.05, 0) is 6.07 Å². The van der Waals surface area contributed by atoms with E-state index in [0.717, 1.165) is 0 Å². The molecule has 1 N–H and O–H groups in total. The lowest BCUT2D eigenvalue weighted by atomic mass is 10.1. The van der Waals surface area contributed by atoms with E-state index in [9.17, 15) is 22.4 Å². The van der Waals surface area contributed by atoms with Gasteiger partial charge in [-0.25, -0.2) is 4.98 Å². The Balaban J connectivity index is 3.11. The van der Waals surface area contributed by atoms with E-state index in [1.165, 1.54) is 0 Å². The normalized spacial score (nSPS) is 11.5. The number of hydrogen-bond donors (Lipinski definition) is 1. The number of nitrogens with zero attached hydrogens (tertiary/aromatic N) is 1. The van der Waals surface area contributed by atoms with Gasteiger partial charge in [0.1, 0.15) is 0 Å². The molecule has 7 heteroatoms. The topological polar surface area (TPSA) is 50.2 Å². The molecule has 0 spiro atoms. The lowest BCUT2D eigenvalue weighted by molar-refractivity contribution is -0.139. The van der Waals surface area contributed by atoms with Crippen LogP contribution in [0.3, 0.4) is 0 Å². The van der Waals surface area contributed by atoms with Crippen LogP contribution in [0.4, 0.5) is 17.6 Å². The second-order valence-corrected chi connectivity index (χ2v) is 2.74. The number of carbonyl (C=O) groups is 1. The predicted molar refractivity (Wildman–Crippen MR) is 40.5 cm³/mol. The fourth-order valence-electron chi connectivity index (χ4n) is 0.936. The van der Waals surface area contributed by atoms with Gasteiger partial charge in [-0.1, -0.05) is 0 Å². The fraction of sp³-hybridized carbons (Fsp3) is 0.250. The van der Waals surface area contributed by atoms with Crippen molar-refractivity contribution in [1.29, 1.82) is 0 Å². The first-order valence-corrected chi connectivity index (χ1v) is 3.74. The smallest absolute Gasteiger partial charge is 0.417 e. The molecular formula is C8H5F4NO2. The Morgan fingerprint density at radius 2 is 2.07 bits per heavy atom. The highest BCUT2D eigenvalue weighted by Gasteiger charge is 2.31. The van der Waals surface area contributed by atoms with E-state index in [1.54, 1.807) is 0 Å².